The molecule has 0 aliphatic carbocycles. The highest BCUT2D eigenvalue weighted by Crippen LogP contribution is 2.32. The van der Waals surface area contributed by atoms with Crippen molar-refractivity contribution in [3.63, 3.8) is 0 Å². The number of carbonyl (C=O) groups excluding carboxylic acids is 1. The number of amides is 1. The molecule has 0 bridgehead atoms. The monoisotopic (exact) mass is 300 g/mol. The van der Waals surface area contributed by atoms with Gasteiger partial charge in [0.25, 0.3) is 0 Å². The molecule has 1 amide bonds. The van der Waals surface area contributed by atoms with E-state index in [1.807, 2.05) is 30.3 Å². The normalized spacial score (nSPS) is 18.8. The van der Waals surface area contributed by atoms with Crippen molar-refractivity contribution < 1.29 is 4.79 Å². The molecule has 2 aromatic rings. The molecule has 4 heteroatoms. The summed E-state index contributed by atoms with van der Waals surface area (Å²) in [7, 11) is 0. The Morgan fingerprint density at radius 2 is 2.14 bits per heavy atom. The fourth-order valence-corrected chi connectivity index (χ4v) is 3.63. The van der Waals surface area contributed by atoms with Gasteiger partial charge in [-0.05, 0) is 53.9 Å². The van der Waals surface area contributed by atoms with Crippen molar-refractivity contribution in [1.29, 1.82) is 0 Å². The summed E-state index contributed by atoms with van der Waals surface area (Å²) >= 11 is 1.75. The second-order valence-corrected chi connectivity index (χ2v) is 6.19. The van der Waals surface area contributed by atoms with Crippen molar-refractivity contribution in [2.45, 2.75) is 25.3 Å². The zero-order valence-corrected chi connectivity index (χ0v) is 12.8. The topological polar surface area (TPSA) is 32.3 Å². The van der Waals surface area contributed by atoms with Crippen molar-refractivity contribution in [2.75, 3.05) is 18.4 Å². The Kier molecular flexibility index (Phi) is 4.68. The first-order valence-corrected chi connectivity index (χ1v) is 8.38. The first-order chi connectivity index (χ1) is 10.3. The van der Waals surface area contributed by atoms with Crippen LogP contribution in [0.2, 0.25) is 0 Å². The standard InChI is InChI=1S/C17H20N2OS/c20-17(18-15-5-2-1-3-6-15)8-11-19-10-4-7-16(19)14-9-12-21-13-14/h1-3,5-6,9,12-13,16H,4,7-8,10-11H2,(H,18,20)/t16-/m0/s1. The Bertz CT molecular complexity index is 568. The van der Waals surface area contributed by atoms with Crippen molar-refractivity contribution in [2.24, 2.45) is 0 Å². The van der Waals surface area contributed by atoms with E-state index in [9.17, 15) is 4.79 Å². The SMILES string of the molecule is O=C(CCN1CCC[C@H]1c1ccsc1)Nc1ccccc1. The predicted octanol–water partition coefficient (Wildman–Crippen LogP) is 3.91. The van der Waals surface area contributed by atoms with E-state index in [0.717, 1.165) is 18.8 Å². The Morgan fingerprint density at radius 1 is 1.29 bits per heavy atom. The minimum atomic E-state index is 0.0946. The molecule has 1 atom stereocenters. The molecule has 1 fully saturated rings. The summed E-state index contributed by atoms with van der Waals surface area (Å²) in [4.78, 5) is 14.5. The average Bonchev–Trinajstić information content (AvgIpc) is 3.17. The fraction of sp³-hybridized carbons (Fsp3) is 0.353. The van der Waals surface area contributed by atoms with Gasteiger partial charge in [-0.1, -0.05) is 18.2 Å². The van der Waals surface area contributed by atoms with Gasteiger partial charge in [-0.25, -0.2) is 0 Å². The average molecular weight is 300 g/mol. The second-order valence-electron chi connectivity index (χ2n) is 5.41. The van der Waals surface area contributed by atoms with Crippen molar-refractivity contribution in [3.05, 3.63) is 52.7 Å². The number of hydrogen-bond acceptors (Lipinski definition) is 3. The Morgan fingerprint density at radius 3 is 2.90 bits per heavy atom. The first kappa shape index (κ1) is 14.3. The Hall–Kier alpha value is -1.65. The van der Waals surface area contributed by atoms with Crippen LogP contribution in [0.15, 0.2) is 47.2 Å². The molecule has 1 aliphatic heterocycles. The third-order valence-electron chi connectivity index (χ3n) is 3.98. The number of carbonyl (C=O) groups is 1. The van der Waals surface area contributed by atoms with Crippen LogP contribution in [0.5, 0.6) is 0 Å². The van der Waals surface area contributed by atoms with Gasteiger partial charge >= 0.3 is 0 Å². The number of rotatable bonds is 5. The molecular formula is C17H20N2OS. The van der Waals surface area contributed by atoms with E-state index >= 15 is 0 Å². The molecule has 3 rings (SSSR count). The zero-order valence-electron chi connectivity index (χ0n) is 12.0. The van der Waals surface area contributed by atoms with Crippen LogP contribution >= 0.6 is 11.3 Å². The van der Waals surface area contributed by atoms with Crippen LogP contribution in [0.25, 0.3) is 0 Å². The van der Waals surface area contributed by atoms with Gasteiger partial charge in [0.2, 0.25) is 5.91 Å². The predicted molar refractivity (Wildman–Crippen MR) is 87.6 cm³/mol. The van der Waals surface area contributed by atoms with Gasteiger partial charge < -0.3 is 5.32 Å². The molecule has 1 aromatic carbocycles. The highest BCUT2D eigenvalue weighted by molar-refractivity contribution is 7.07. The number of anilines is 1. The van der Waals surface area contributed by atoms with Gasteiger partial charge in [-0.15, -0.1) is 0 Å². The van der Waals surface area contributed by atoms with E-state index < -0.39 is 0 Å². The van der Waals surface area contributed by atoms with Crippen molar-refractivity contribution >= 4 is 22.9 Å². The quantitative estimate of drug-likeness (QED) is 0.908. The third kappa shape index (κ3) is 3.71. The van der Waals surface area contributed by atoms with Crippen molar-refractivity contribution in [3.8, 4) is 0 Å². The van der Waals surface area contributed by atoms with Crippen LogP contribution in [-0.4, -0.2) is 23.9 Å². The molecule has 1 aromatic heterocycles. The van der Waals surface area contributed by atoms with E-state index in [1.54, 1.807) is 11.3 Å². The maximum Gasteiger partial charge on any atom is 0.225 e. The summed E-state index contributed by atoms with van der Waals surface area (Å²) in [6.45, 7) is 1.93. The number of nitrogens with zero attached hydrogens (tertiary/aromatic N) is 1. The van der Waals surface area contributed by atoms with Gasteiger partial charge in [0, 0.05) is 24.7 Å². The number of hydrogen-bond donors (Lipinski definition) is 1. The van der Waals surface area contributed by atoms with Crippen LogP contribution in [0.1, 0.15) is 30.9 Å². The van der Waals surface area contributed by atoms with Gasteiger partial charge in [0.15, 0.2) is 0 Å². The van der Waals surface area contributed by atoms with Gasteiger partial charge in [0.05, 0.1) is 0 Å². The highest BCUT2D eigenvalue weighted by Gasteiger charge is 2.26. The van der Waals surface area contributed by atoms with Crippen molar-refractivity contribution in [1.82, 2.24) is 4.90 Å². The summed E-state index contributed by atoms with van der Waals surface area (Å²) < 4.78 is 0. The molecule has 0 spiro atoms. The maximum atomic E-state index is 12.0. The zero-order chi connectivity index (χ0) is 14.5. The number of para-hydroxylation sites is 1. The van der Waals surface area contributed by atoms with Crippen LogP contribution in [0.4, 0.5) is 5.69 Å². The van der Waals surface area contributed by atoms with Crippen LogP contribution in [0, 0.1) is 0 Å². The molecule has 1 aliphatic rings. The molecule has 0 radical (unpaired) electrons. The van der Waals surface area contributed by atoms with Crippen LogP contribution < -0.4 is 5.32 Å². The van der Waals surface area contributed by atoms with E-state index in [4.69, 9.17) is 0 Å². The fourth-order valence-electron chi connectivity index (χ4n) is 2.93. The summed E-state index contributed by atoms with van der Waals surface area (Å²) in [6.07, 6.45) is 2.98. The molecule has 110 valence electrons. The van der Waals surface area contributed by atoms with Gasteiger partial charge in [0.1, 0.15) is 0 Å². The minimum Gasteiger partial charge on any atom is -0.326 e. The summed E-state index contributed by atoms with van der Waals surface area (Å²) in [5.41, 5.74) is 2.28. The van der Waals surface area contributed by atoms with Crippen LogP contribution in [0.3, 0.4) is 0 Å². The summed E-state index contributed by atoms with van der Waals surface area (Å²) in [5.74, 6) is 0.0946. The third-order valence-corrected chi connectivity index (χ3v) is 4.68. The molecule has 2 heterocycles. The van der Waals surface area contributed by atoms with E-state index in [2.05, 4.69) is 27.0 Å². The number of likely N-dealkylation sites (tertiary alicyclic amines) is 1. The smallest absolute Gasteiger partial charge is 0.225 e. The van der Waals surface area contributed by atoms with E-state index in [-0.39, 0.29) is 5.91 Å². The molecule has 1 N–H and O–H groups in total. The molecule has 21 heavy (non-hydrogen) atoms. The van der Waals surface area contributed by atoms with E-state index in [0.29, 0.717) is 12.5 Å². The lowest BCUT2D eigenvalue weighted by molar-refractivity contribution is -0.116. The molecule has 3 nitrogen and oxygen atoms in total. The number of nitrogens with one attached hydrogen (secondary N) is 1. The first-order valence-electron chi connectivity index (χ1n) is 7.44. The highest BCUT2D eigenvalue weighted by atomic mass is 32.1. The molecule has 0 saturated carbocycles. The number of thiophene rings is 1. The number of benzene rings is 1. The van der Waals surface area contributed by atoms with E-state index in [1.165, 1.54) is 18.4 Å². The Labute approximate surface area is 129 Å². The largest absolute Gasteiger partial charge is 0.326 e. The maximum absolute atomic E-state index is 12.0. The van der Waals surface area contributed by atoms with Gasteiger partial charge in [-0.3, -0.25) is 9.69 Å². The summed E-state index contributed by atoms with van der Waals surface area (Å²) in [6, 6.07) is 12.4. The lowest BCUT2D eigenvalue weighted by atomic mass is 10.1. The lowest BCUT2D eigenvalue weighted by Crippen LogP contribution is -2.27. The second kappa shape index (κ2) is 6.87. The molecule has 1 saturated heterocycles. The lowest BCUT2D eigenvalue weighted by Gasteiger charge is -2.23. The summed E-state index contributed by atoms with van der Waals surface area (Å²) in [5, 5.41) is 7.31. The van der Waals surface area contributed by atoms with Gasteiger partial charge in [-0.2, -0.15) is 11.3 Å². The molecular weight excluding hydrogens is 280 g/mol. The Balaban J connectivity index is 1.51. The molecule has 0 unspecified atom stereocenters. The van der Waals surface area contributed by atoms with Crippen LogP contribution in [-0.2, 0) is 4.79 Å². The minimum absolute atomic E-state index is 0.0946.